The van der Waals surface area contributed by atoms with E-state index in [0.29, 0.717) is 16.9 Å². The number of aromatic nitrogens is 2. The van der Waals surface area contributed by atoms with Gasteiger partial charge in [0.05, 0.1) is 0 Å². The zero-order chi connectivity index (χ0) is 16.4. The number of benzene rings is 1. The van der Waals surface area contributed by atoms with Crippen LogP contribution in [0, 0.1) is 6.92 Å². The lowest BCUT2D eigenvalue weighted by Gasteiger charge is -2.19. The van der Waals surface area contributed by atoms with Gasteiger partial charge in [0.15, 0.2) is 0 Å². The number of hydrogen-bond acceptors (Lipinski definition) is 6. The Morgan fingerprint density at radius 2 is 2.17 bits per heavy atom. The summed E-state index contributed by atoms with van der Waals surface area (Å²) in [6, 6.07) is 8.14. The van der Waals surface area contributed by atoms with Crippen molar-refractivity contribution in [3.63, 3.8) is 0 Å². The van der Waals surface area contributed by atoms with Crippen LogP contribution in [0.1, 0.15) is 12.0 Å². The van der Waals surface area contributed by atoms with Crippen molar-refractivity contribution in [2.75, 3.05) is 36.1 Å². The van der Waals surface area contributed by atoms with Crippen LogP contribution in [0.5, 0.6) is 0 Å². The lowest BCUT2D eigenvalue weighted by Crippen LogP contribution is -2.30. The first-order valence-corrected chi connectivity index (χ1v) is 8.03. The van der Waals surface area contributed by atoms with Gasteiger partial charge in [-0.1, -0.05) is 17.7 Å². The Hall–Kier alpha value is -2.05. The molecule has 2 aromatic rings. The molecule has 1 fully saturated rings. The Balaban J connectivity index is 1.85. The van der Waals surface area contributed by atoms with Crippen molar-refractivity contribution in [1.82, 2.24) is 15.3 Å². The summed E-state index contributed by atoms with van der Waals surface area (Å²) in [5.41, 5.74) is 7.77. The van der Waals surface area contributed by atoms with E-state index in [-0.39, 0.29) is 5.95 Å². The molecule has 0 saturated carbocycles. The molecular formula is C16H21ClN6. The quantitative estimate of drug-likeness (QED) is 0.798. The molecule has 0 bridgehead atoms. The fraction of sp³-hybridized carbons (Fsp3) is 0.375. The van der Waals surface area contributed by atoms with E-state index in [1.54, 1.807) is 0 Å². The fourth-order valence-electron chi connectivity index (χ4n) is 2.76. The molecule has 23 heavy (non-hydrogen) atoms. The van der Waals surface area contributed by atoms with Gasteiger partial charge in [-0.15, -0.1) is 0 Å². The van der Waals surface area contributed by atoms with Crippen LogP contribution < -0.4 is 21.3 Å². The molecule has 1 atom stereocenters. The van der Waals surface area contributed by atoms with Gasteiger partial charge in [0.2, 0.25) is 5.95 Å². The largest absolute Gasteiger partial charge is 0.368 e. The number of nitrogens with one attached hydrogen (secondary N) is 2. The lowest BCUT2D eigenvalue weighted by molar-refractivity contribution is 0.616. The van der Waals surface area contributed by atoms with Crippen LogP contribution in [0.4, 0.5) is 23.3 Å². The predicted molar refractivity (Wildman–Crippen MR) is 95.6 cm³/mol. The average molecular weight is 333 g/mol. The number of halogens is 1. The average Bonchev–Trinajstić information content (AvgIpc) is 3.00. The highest BCUT2D eigenvalue weighted by atomic mass is 35.5. The summed E-state index contributed by atoms with van der Waals surface area (Å²) in [4.78, 5) is 10.9. The Kier molecular flexibility index (Phi) is 4.54. The first kappa shape index (κ1) is 15.8. The van der Waals surface area contributed by atoms with Gasteiger partial charge in [-0.25, -0.2) is 0 Å². The normalized spacial score (nSPS) is 17.5. The number of rotatable bonds is 4. The molecule has 122 valence electrons. The number of likely N-dealkylation sites (N-methyl/N-ethyl adjacent to an activating group) is 1. The molecule has 3 rings (SSSR count). The molecule has 7 heteroatoms. The van der Waals surface area contributed by atoms with E-state index in [0.717, 1.165) is 36.6 Å². The minimum absolute atomic E-state index is 0.262. The van der Waals surface area contributed by atoms with E-state index in [1.807, 2.05) is 38.2 Å². The van der Waals surface area contributed by atoms with Gasteiger partial charge in [0, 0.05) is 35.9 Å². The van der Waals surface area contributed by atoms with Gasteiger partial charge in [0.25, 0.3) is 0 Å². The number of nitrogen functional groups attached to an aromatic ring is 1. The monoisotopic (exact) mass is 332 g/mol. The number of nitrogens with zero attached hydrogens (tertiary/aromatic N) is 3. The Bertz CT molecular complexity index is 705. The summed E-state index contributed by atoms with van der Waals surface area (Å²) >= 11 is 6.17. The number of nitrogens with two attached hydrogens (primary N) is 1. The summed E-state index contributed by atoms with van der Waals surface area (Å²) in [6.07, 6.45) is 1.09. The minimum Gasteiger partial charge on any atom is -0.368 e. The third kappa shape index (κ3) is 3.48. The van der Waals surface area contributed by atoms with Crippen molar-refractivity contribution >= 4 is 34.9 Å². The molecule has 0 amide bonds. The van der Waals surface area contributed by atoms with E-state index in [1.165, 1.54) is 0 Å². The smallest absolute Gasteiger partial charge is 0.223 e. The summed E-state index contributed by atoms with van der Waals surface area (Å²) < 4.78 is 0. The van der Waals surface area contributed by atoms with Gasteiger partial charge in [-0.3, -0.25) is 0 Å². The molecule has 0 unspecified atom stereocenters. The van der Waals surface area contributed by atoms with E-state index in [2.05, 4.69) is 25.5 Å². The third-order valence-corrected chi connectivity index (χ3v) is 4.59. The van der Waals surface area contributed by atoms with Gasteiger partial charge in [0.1, 0.15) is 11.6 Å². The third-order valence-electron chi connectivity index (χ3n) is 4.18. The molecule has 4 N–H and O–H groups in total. The molecule has 0 radical (unpaired) electrons. The lowest BCUT2D eigenvalue weighted by atomic mass is 10.2. The van der Waals surface area contributed by atoms with Crippen molar-refractivity contribution in [3.05, 3.63) is 34.9 Å². The molecule has 2 heterocycles. The SMILES string of the molecule is CN[C@@H]1CCN(c2cc(Nc3cccc(Cl)c3C)nc(N)n2)C1. The topological polar surface area (TPSA) is 79.1 Å². The highest BCUT2D eigenvalue weighted by Crippen LogP contribution is 2.27. The highest BCUT2D eigenvalue weighted by molar-refractivity contribution is 6.31. The Morgan fingerprint density at radius 1 is 1.35 bits per heavy atom. The first-order valence-electron chi connectivity index (χ1n) is 7.65. The summed E-state index contributed by atoms with van der Waals surface area (Å²) in [7, 11) is 1.98. The molecule has 0 aliphatic carbocycles. The molecular weight excluding hydrogens is 312 g/mol. The zero-order valence-electron chi connectivity index (χ0n) is 13.3. The van der Waals surface area contributed by atoms with Crippen molar-refractivity contribution in [1.29, 1.82) is 0 Å². The molecule has 0 spiro atoms. The van der Waals surface area contributed by atoms with Crippen molar-refractivity contribution in [2.24, 2.45) is 0 Å². The van der Waals surface area contributed by atoms with Crippen LogP contribution in [0.2, 0.25) is 5.02 Å². The maximum absolute atomic E-state index is 6.17. The van der Waals surface area contributed by atoms with Crippen LogP contribution in [-0.4, -0.2) is 36.1 Å². The van der Waals surface area contributed by atoms with Gasteiger partial charge in [-0.05, 0) is 38.1 Å². The molecule has 1 aliphatic heterocycles. The molecule has 1 saturated heterocycles. The van der Waals surface area contributed by atoms with Crippen LogP contribution in [0.25, 0.3) is 0 Å². The standard InChI is InChI=1S/C16H21ClN6/c1-10-12(17)4-3-5-13(10)20-14-8-15(22-16(18)21-14)23-7-6-11(9-23)19-2/h3-5,8,11,19H,6-7,9H2,1-2H3,(H3,18,20,21,22)/t11-/m1/s1. The van der Waals surface area contributed by atoms with Crippen molar-refractivity contribution in [2.45, 2.75) is 19.4 Å². The molecule has 1 aliphatic rings. The van der Waals surface area contributed by atoms with E-state index in [4.69, 9.17) is 17.3 Å². The summed E-state index contributed by atoms with van der Waals surface area (Å²) in [5, 5.41) is 7.30. The van der Waals surface area contributed by atoms with Crippen LogP contribution >= 0.6 is 11.6 Å². The molecule has 6 nitrogen and oxygen atoms in total. The second-order valence-electron chi connectivity index (χ2n) is 5.73. The fourth-order valence-corrected chi connectivity index (χ4v) is 2.94. The van der Waals surface area contributed by atoms with Crippen LogP contribution in [-0.2, 0) is 0 Å². The number of hydrogen-bond donors (Lipinski definition) is 3. The van der Waals surface area contributed by atoms with Crippen LogP contribution in [0.3, 0.4) is 0 Å². The van der Waals surface area contributed by atoms with Crippen molar-refractivity contribution < 1.29 is 0 Å². The minimum atomic E-state index is 0.262. The molecule has 1 aromatic heterocycles. The molecule has 1 aromatic carbocycles. The second kappa shape index (κ2) is 6.60. The highest BCUT2D eigenvalue weighted by Gasteiger charge is 2.22. The van der Waals surface area contributed by atoms with E-state index < -0.39 is 0 Å². The van der Waals surface area contributed by atoms with Gasteiger partial charge in [-0.2, -0.15) is 9.97 Å². The summed E-state index contributed by atoms with van der Waals surface area (Å²) in [6.45, 7) is 3.84. The first-order chi connectivity index (χ1) is 11.1. The maximum Gasteiger partial charge on any atom is 0.223 e. The Labute approximate surface area is 141 Å². The number of anilines is 4. The van der Waals surface area contributed by atoms with E-state index >= 15 is 0 Å². The van der Waals surface area contributed by atoms with Gasteiger partial charge >= 0.3 is 0 Å². The summed E-state index contributed by atoms with van der Waals surface area (Å²) in [5.74, 6) is 1.78. The van der Waals surface area contributed by atoms with Gasteiger partial charge < -0.3 is 21.3 Å². The zero-order valence-corrected chi connectivity index (χ0v) is 14.1. The van der Waals surface area contributed by atoms with E-state index in [9.17, 15) is 0 Å². The predicted octanol–water partition coefficient (Wildman–Crippen LogP) is 2.56. The van der Waals surface area contributed by atoms with Crippen molar-refractivity contribution in [3.8, 4) is 0 Å². The van der Waals surface area contributed by atoms with Crippen LogP contribution in [0.15, 0.2) is 24.3 Å². The Morgan fingerprint density at radius 3 is 2.91 bits per heavy atom. The maximum atomic E-state index is 6.17. The second-order valence-corrected chi connectivity index (χ2v) is 6.13.